The molecule has 4 nitrogen and oxygen atoms in total. The third-order valence-electron chi connectivity index (χ3n) is 4.98. The van der Waals surface area contributed by atoms with E-state index in [1.165, 1.54) is 23.5 Å². The van der Waals surface area contributed by atoms with Crippen LogP contribution < -0.4 is 0 Å². The van der Waals surface area contributed by atoms with Crippen LogP contribution in [-0.2, 0) is 4.79 Å². The van der Waals surface area contributed by atoms with Crippen molar-refractivity contribution in [1.29, 1.82) is 0 Å². The largest absolute Gasteiger partial charge is 0.481 e. The molecule has 0 bridgehead atoms. The first kappa shape index (κ1) is 27.0. The van der Waals surface area contributed by atoms with Gasteiger partial charge in [-0.25, -0.2) is 4.39 Å². The summed E-state index contributed by atoms with van der Waals surface area (Å²) in [7, 11) is 1.75. The van der Waals surface area contributed by atoms with E-state index in [0.29, 0.717) is 17.7 Å². The van der Waals surface area contributed by atoms with E-state index >= 15 is 0 Å². The summed E-state index contributed by atoms with van der Waals surface area (Å²) in [5.41, 5.74) is 1.99. The average Bonchev–Trinajstić information content (AvgIpc) is 3.28. The number of nitrogens with zero attached hydrogens (tertiary/aromatic N) is 1. The van der Waals surface area contributed by atoms with Gasteiger partial charge in [-0.1, -0.05) is 52.1 Å². The van der Waals surface area contributed by atoms with Crippen LogP contribution >= 0.6 is 11.3 Å². The molecule has 2 rings (SSSR count). The highest BCUT2D eigenvalue weighted by atomic mass is 32.1. The molecule has 0 aliphatic rings. The van der Waals surface area contributed by atoms with E-state index in [9.17, 15) is 19.1 Å². The summed E-state index contributed by atoms with van der Waals surface area (Å²) in [4.78, 5) is 27.3. The van der Waals surface area contributed by atoms with Gasteiger partial charge in [-0.15, -0.1) is 11.3 Å². The molecule has 6 heteroatoms. The smallest absolute Gasteiger partial charge is 0.307 e. The molecule has 0 saturated carbocycles. The second-order valence-corrected chi connectivity index (χ2v) is 8.11. The van der Waals surface area contributed by atoms with Crippen molar-refractivity contribution in [2.75, 3.05) is 13.6 Å². The Morgan fingerprint density at radius 1 is 1.19 bits per heavy atom. The summed E-state index contributed by atoms with van der Waals surface area (Å²) in [6, 6.07) is 11.1. The lowest BCUT2D eigenvalue weighted by Gasteiger charge is -2.21. The van der Waals surface area contributed by atoms with Crippen LogP contribution in [0.2, 0.25) is 0 Å². The molecule has 1 aromatic carbocycles. The van der Waals surface area contributed by atoms with Crippen LogP contribution in [0.15, 0.2) is 73.1 Å². The van der Waals surface area contributed by atoms with E-state index in [4.69, 9.17) is 0 Å². The van der Waals surface area contributed by atoms with Gasteiger partial charge in [0.15, 0.2) is 0 Å². The van der Waals surface area contributed by atoms with E-state index in [0.717, 1.165) is 15.3 Å². The Bertz CT molecular complexity index is 975. The van der Waals surface area contributed by atoms with Crippen molar-refractivity contribution in [3.63, 3.8) is 0 Å². The van der Waals surface area contributed by atoms with Gasteiger partial charge in [0.05, 0.1) is 5.92 Å². The fraction of sp³-hybridized carbons (Fsp3) is 0.308. The van der Waals surface area contributed by atoms with Crippen LogP contribution in [0.5, 0.6) is 0 Å². The summed E-state index contributed by atoms with van der Waals surface area (Å²) in [6.07, 6.45) is 2.69. The molecule has 0 radical (unpaired) electrons. The zero-order valence-corrected chi connectivity index (χ0v) is 20.2. The molecule has 0 spiro atoms. The SMILES string of the molecule is C=C/C(=C\C(=C)F)[C@H](c1ccc(-c2ccc(C(=O)N(C)CC)cc2)s1)[C@@H](C)C(=O)O.CC. The monoisotopic (exact) mass is 457 g/mol. The Kier molecular flexibility index (Phi) is 10.8. The molecule has 0 fully saturated rings. The van der Waals surface area contributed by atoms with E-state index < -0.39 is 23.6 Å². The van der Waals surface area contributed by atoms with Gasteiger partial charge in [0, 0.05) is 34.8 Å². The minimum atomic E-state index is -0.977. The molecule has 2 atom stereocenters. The van der Waals surface area contributed by atoms with E-state index in [1.54, 1.807) is 31.0 Å². The van der Waals surface area contributed by atoms with E-state index in [-0.39, 0.29) is 5.91 Å². The van der Waals surface area contributed by atoms with Crippen LogP contribution in [0, 0.1) is 5.92 Å². The standard InChI is InChI=1S/C24H26FNO3S.C2H6/c1-6-17(14-15(3)25)22(16(4)24(28)29)21-13-12-20(30-21)18-8-10-19(11-9-18)23(27)26(5)7-2;1-2/h6,8-14,16,22H,1,3,7H2,2,4-5H3,(H,28,29);1-2H3/b17-14+;/t16-,22-;/m1./s1. The van der Waals surface area contributed by atoms with Gasteiger partial charge < -0.3 is 10.0 Å². The van der Waals surface area contributed by atoms with Crippen molar-refractivity contribution in [3.8, 4) is 10.4 Å². The molecule has 0 unspecified atom stereocenters. The lowest BCUT2D eigenvalue weighted by molar-refractivity contribution is -0.141. The fourth-order valence-corrected chi connectivity index (χ4v) is 4.36. The zero-order valence-electron chi connectivity index (χ0n) is 19.4. The summed E-state index contributed by atoms with van der Waals surface area (Å²) < 4.78 is 13.4. The molecule has 32 heavy (non-hydrogen) atoms. The fourth-order valence-electron chi connectivity index (χ4n) is 3.11. The summed E-state index contributed by atoms with van der Waals surface area (Å²) >= 11 is 1.44. The number of benzene rings is 1. The van der Waals surface area contributed by atoms with Gasteiger partial charge >= 0.3 is 5.97 Å². The molecule has 0 aliphatic heterocycles. The predicted molar refractivity (Wildman–Crippen MR) is 132 cm³/mol. The summed E-state index contributed by atoms with van der Waals surface area (Å²) in [6.45, 7) is 15.1. The number of carboxylic acids is 1. The maximum absolute atomic E-state index is 13.4. The topological polar surface area (TPSA) is 57.6 Å². The molecule has 1 amide bonds. The third-order valence-corrected chi connectivity index (χ3v) is 6.20. The highest BCUT2D eigenvalue weighted by Crippen LogP contribution is 2.40. The van der Waals surface area contributed by atoms with Gasteiger partial charge in [-0.2, -0.15) is 0 Å². The van der Waals surface area contributed by atoms with E-state index in [2.05, 4.69) is 13.2 Å². The maximum atomic E-state index is 13.4. The summed E-state index contributed by atoms with van der Waals surface area (Å²) in [5.74, 6) is -3.00. The first-order valence-corrected chi connectivity index (χ1v) is 11.4. The number of halogens is 1. The van der Waals surface area contributed by atoms with Crippen LogP contribution in [0.1, 0.15) is 48.8 Å². The van der Waals surface area contributed by atoms with Crippen LogP contribution in [0.3, 0.4) is 0 Å². The van der Waals surface area contributed by atoms with Gasteiger partial charge in [-0.3, -0.25) is 9.59 Å². The van der Waals surface area contributed by atoms with Crippen molar-refractivity contribution in [1.82, 2.24) is 4.90 Å². The molecule has 1 N–H and O–H groups in total. The molecule has 172 valence electrons. The quantitative estimate of drug-likeness (QED) is 0.415. The lowest BCUT2D eigenvalue weighted by Crippen LogP contribution is -2.26. The minimum absolute atomic E-state index is 0.0431. The molecular formula is C26H32FNO3S. The Morgan fingerprint density at radius 3 is 2.25 bits per heavy atom. The minimum Gasteiger partial charge on any atom is -0.481 e. The molecule has 2 aromatic rings. The lowest BCUT2D eigenvalue weighted by atomic mass is 9.85. The van der Waals surface area contributed by atoms with Crippen LogP contribution in [0.4, 0.5) is 4.39 Å². The van der Waals surface area contributed by atoms with Crippen LogP contribution in [0.25, 0.3) is 10.4 Å². The van der Waals surface area contributed by atoms with Crippen molar-refractivity contribution in [2.24, 2.45) is 5.92 Å². The second-order valence-electron chi connectivity index (χ2n) is 7.00. The zero-order chi connectivity index (χ0) is 24.4. The number of hydrogen-bond donors (Lipinski definition) is 1. The van der Waals surface area contributed by atoms with Gasteiger partial charge in [0.1, 0.15) is 5.83 Å². The van der Waals surface area contributed by atoms with Crippen molar-refractivity contribution < 1.29 is 19.1 Å². The first-order valence-electron chi connectivity index (χ1n) is 10.6. The predicted octanol–water partition coefficient (Wildman–Crippen LogP) is 6.93. The molecule has 0 aliphatic carbocycles. The highest BCUT2D eigenvalue weighted by molar-refractivity contribution is 7.15. The van der Waals surface area contributed by atoms with E-state index in [1.807, 2.05) is 45.0 Å². The van der Waals surface area contributed by atoms with Crippen molar-refractivity contribution in [3.05, 3.63) is 83.5 Å². The number of allylic oxidation sites excluding steroid dienone is 4. The van der Waals surface area contributed by atoms with Gasteiger partial charge in [-0.05, 0) is 48.4 Å². The number of carbonyl (C=O) groups excluding carboxylic acids is 1. The first-order chi connectivity index (χ1) is 15.2. The van der Waals surface area contributed by atoms with Crippen molar-refractivity contribution in [2.45, 2.75) is 33.6 Å². The van der Waals surface area contributed by atoms with Crippen molar-refractivity contribution >= 4 is 23.2 Å². The summed E-state index contributed by atoms with van der Waals surface area (Å²) in [5, 5.41) is 9.55. The number of amides is 1. The number of aliphatic carboxylic acids is 1. The Morgan fingerprint density at radius 2 is 1.78 bits per heavy atom. The number of carbonyl (C=O) groups is 2. The third kappa shape index (κ3) is 6.76. The Hall–Kier alpha value is -2.99. The number of thiophene rings is 1. The normalized spacial score (nSPS) is 12.8. The number of hydrogen-bond acceptors (Lipinski definition) is 3. The highest BCUT2D eigenvalue weighted by Gasteiger charge is 2.29. The molecule has 1 aromatic heterocycles. The second kappa shape index (κ2) is 12.8. The molecule has 1 heterocycles. The number of carboxylic acid groups (broad SMARTS) is 1. The van der Waals surface area contributed by atoms with Gasteiger partial charge in [0.25, 0.3) is 5.91 Å². The maximum Gasteiger partial charge on any atom is 0.307 e. The number of rotatable bonds is 9. The van der Waals surface area contributed by atoms with Gasteiger partial charge in [0.2, 0.25) is 0 Å². The molecule has 0 saturated heterocycles. The Balaban J connectivity index is 0.00000249. The average molecular weight is 458 g/mol. The Labute approximate surface area is 194 Å². The van der Waals surface area contributed by atoms with Crippen LogP contribution in [-0.4, -0.2) is 35.5 Å². The molecular weight excluding hydrogens is 425 g/mol.